The molecule has 0 aromatic carbocycles. The van der Waals surface area contributed by atoms with Crippen molar-refractivity contribution in [3.05, 3.63) is 17.5 Å². The molecule has 5 nitrogen and oxygen atoms in total. The van der Waals surface area contributed by atoms with E-state index < -0.39 is 42.6 Å². The van der Waals surface area contributed by atoms with Crippen LogP contribution in [0.5, 0.6) is 5.75 Å². The van der Waals surface area contributed by atoms with E-state index in [1.165, 1.54) is 0 Å². The van der Waals surface area contributed by atoms with Crippen LogP contribution >= 0.6 is 0 Å². The predicted octanol–water partition coefficient (Wildman–Crippen LogP) is 1.66. The largest absolute Gasteiger partial charge is 0.573 e. The Labute approximate surface area is 98.2 Å². The lowest BCUT2D eigenvalue weighted by Gasteiger charge is -2.15. The maximum Gasteiger partial charge on any atom is 0.573 e. The molecule has 1 heterocycles. The second-order valence-corrected chi connectivity index (χ2v) is 3.22. The molecule has 1 aromatic heterocycles. The number of aliphatic carboxylic acids is 1. The molecule has 1 rings (SSSR count). The average molecular weight is 268 g/mol. The topological polar surface area (TPSA) is 85.4 Å². The smallest absolute Gasteiger partial charge is 0.481 e. The number of alkyl halides is 4. The highest BCUT2D eigenvalue weighted by molar-refractivity contribution is 5.74. The lowest BCUT2D eigenvalue weighted by molar-refractivity contribution is -0.274. The fourth-order valence-corrected chi connectivity index (χ4v) is 1.21. The molecule has 0 aliphatic carbocycles. The van der Waals surface area contributed by atoms with E-state index in [9.17, 15) is 22.4 Å². The molecule has 1 aromatic rings. The molecule has 0 spiro atoms. The quantitative estimate of drug-likeness (QED) is 0.811. The Kier molecular flexibility index (Phi) is 3.94. The second kappa shape index (κ2) is 5.07. The van der Waals surface area contributed by atoms with Gasteiger partial charge in [-0.25, -0.2) is 4.39 Å². The van der Waals surface area contributed by atoms with Crippen LogP contribution in [0, 0.1) is 0 Å². The van der Waals surface area contributed by atoms with Gasteiger partial charge in [-0.05, 0) is 0 Å². The predicted molar refractivity (Wildman–Crippen MR) is 51.5 cm³/mol. The van der Waals surface area contributed by atoms with Crippen LogP contribution in [-0.2, 0) is 17.9 Å². The highest BCUT2D eigenvalue weighted by Crippen LogP contribution is 2.33. The van der Waals surface area contributed by atoms with Crippen LogP contribution in [0.1, 0.15) is 11.3 Å². The summed E-state index contributed by atoms with van der Waals surface area (Å²) in [7, 11) is 0. The van der Waals surface area contributed by atoms with E-state index in [-0.39, 0.29) is 5.56 Å². The van der Waals surface area contributed by atoms with Crippen molar-refractivity contribution in [3.8, 4) is 5.75 Å². The first-order chi connectivity index (χ1) is 8.24. The van der Waals surface area contributed by atoms with Gasteiger partial charge in [0.15, 0.2) is 5.75 Å². The van der Waals surface area contributed by atoms with Crippen molar-refractivity contribution in [1.29, 1.82) is 0 Å². The monoisotopic (exact) mass is 268 g/mol. The summed E-state index contributed by atoms with van der Waals surface area (Å²) in [5.41, 5.74) is 3.91. The van der Waals surface area contributed by atoms with Crippen LogP contribution in [0.15, 0.2) is 6.20 Å². The zero-order valence-electron chi connectivity index (χ0n) is 8.79. The summed E-state index contributed by atoms with van der Waals surface area (Å²) >= 11 is 0. The summed E-state index contributed by atoms with van der Waals surface area (Å²) in [6.45, 7) is -1.32. The Bertz CT molecular complexity index is 462. The third kappa shape index (κ3) is 3.47. The summed E-state index contributed by atoms with van der Waals surface area (Å²) in [5.74, 6) is -2.31. The maximum atomic E-state index is 12.5. The zero-order valence-corrected chi connectivity index (χ0v) is 8.79. The van der Waals surface area contributed by atoms with Crippen LogP contribution in [0.2, 0.25) is 0 Å². The van der Waals surface area contributed by atoms with Gasteiger partial charge in [0.25, 0.3) is 0 Å². The van der Waals surface area contributed by atoms with Crippen molar-refractivity contribution in [2.75, 3.05) is 5.73 Å². The molecular formula is C9H8F4N2O3. The standard InChI is InChI=1S/C9H8F4N2O3/c10-2-5-8(18-9(11,12)13)7(14)4(3-15-5)1-6(16)17/h3H,1-2H2,(H2,14,15)(H,16,17). The van der Waals surface area contributed by atoms with Crippen LogP contribution in [0.4, 0.5) is 23.2 Å². The maximum absolute atomic E-state index is 12.5. The first kappa shape index (κ1) is 14.0. The number of aromatic nitrogens is 1. The van der Waals surface area contributed by atoms with Gasteiger partial charge in [0.2, 0.25) is 0 Å². The lowest BCUT2D eigenvalue weighted by Crippen LogP contribution is -2.20. The molecule has 18 heavy (non-hydrogen) atoms. The Morgan fingerprint density at radius 3 is 2.56 bits per heavy atom. The van der Waals surface area contributed by atoms with Gasteiger partial charge in [0.1, 0.15) is 12.4 Å². The summed E-state index contributed by atoms with van der Waals surface area (Å²) in [4.78, 5) is 13.8. The molecule has 0 atom stereocenters. The Morgan fingerprint density at radius 2 is 2.11 bits per heavy atom. The summed E-state index contributed by atoms with van der Waals surface area (Å²) in [6.07, 6.45) is -4.80. The number of nitrogens with two attached hydrogens (primary N) is 1. The molecule has 3 N–H and O–H groups in total. The molecule has 0 bridgehead atoms. The Morgan fingerprint density at radius 1 is 1.50 bits per heavy atom. The van der Waals surface area contributed by atoms with Gasteiger partial charge in [-0.3, -0.25) is 9.78 Å². The summed E-state index contributed by atoms with van der Waals surface area (Å²) in [6, 6.07) is 0. The molecule has 0 unspecified atom stereocenters. The van der Waals surface area contributed by atoms with Crippen molar-refractivity contribution >= 4 is 11.7 Å². The van der Waals surface area contributed by atoms with E-state index in [2.05, 4.69) is 9.72 Å². The molecule has 0 amide bonds. The van der Waals surface area contributed by atoms with E-state index in [0.717, 1.165) is 6.20 Å². The number of carboxylic acids is 1. The number of ether oxygens (including phenoxy) is 1. The first-order valence-electron chi connectivity index (χ1n) is 4.54. The molecular weight excluding hydrogens is 260 g/mol. The molecule has 0 radical (unpaired) electrons. The number of rotatable bonds is 4. The molecule has 100 valence electrons. The number of carboxylic acid groups (broad SMARTS) is 1. The third-order valence-electron chi connectivity index (χ3n) is 1.91. The highest BCUT2D eigenvalue weighted by Gasteiger charge is 2.34. The average Bonchev–Trinajstić information content (AvgIpc) is 2.22. The van der Waals surface area contributed by atoms with Crippen molar-refractivity contribution < 1.29 is 32.2 Å². The summed E-state index contributed by atoms with van der Waals surface area (Å²) in [5, 5.41) is 8.52. The Balaban J connectivity index is 3.22. The van der Waals surface area contributed by atoms with Gasteiger partial charge >= 0.3 is 12.3 Å². The second-order valence-electron chi connectivity index (χ2n) is 3.22. The molecule has 0 saturated heterocycles. The Hall–Kier alpha value is -2.06. The van der Waals surface area contributed by atoms with Gasteiger partial charge in [0, 0.05) is 11.8 Å². The number of pyridine rings is 1. The molecule has 0 saturated carbocycles. The summed E-state index contributed by atoms with van der Waals surface area (Å²) < 4.78 is 52.3. The van der Waals surface area contributed by atoms with E-state index in [4.69, 9.17) is 10.8 Å². The minimum absolute atomic E-state index is 0.182. The van der Waals surface area contributed by atoms with E-state index in [1.54, 1.807) is 0 Å². The first-order valence-corrected chi connectivity index (χ1v) is 4.54. The lowest BCUT2D eigenvalue weighted by atomic mass is 10.1. The number of halogens is 4. The fourth-order valence-electron chi connectivity index (χ4n) is 1.21. The van der Waals surface area contributed by atoms with Crippen LogP contribution < -0.4 is 10.5 Å². The SMILES string of the molecule is Nc1c(CC(=O)O)cnc(CF)c1OC(F)(F)F. The normalized spacial score (nSPS) is 11.3. The van der Waals surface area contributed by atoms with Crippen molar-refractivity contribution in [3.63, 3.8) is 0 Å². The number of nitrogens with zero attached hydrogens (tertiary/aromatic N) is 1. The van der Waals surface area contributed by atoms with E-state index in [1.807, 2.05) is 0 Å². The minimum atomic E-state index is -5.07. The van der Waals surface area contributed by atoms with Crippen LogP contribution in [0.3, 0.4) is 0 Å². The van der Waals surface area contributed by atoms with Crippen molar-refractivity contribution in [2.45, 2.75) is 19.5 Å². The number of carbonyl (C=O) groups is 1. The zero-order chi connectivity index (χ0) is 13.9. The number of hydrogen-bond donors (Lipinski definition) is 2. The highest BCUT2D eigenvalue weighted by atomic mass is 19.4. The number of nitrogen functional groups attached to an aromatic ring is 1. The molecule has 0 fully saturated rings. The minimum Gasteiger partial charge on any atom is -0.481 e. The van der Waals surface area contributed by atoms with E-state index >= 15 is 0 Å². The van der Waals surface area contributed by atoms with Gasteiger partial charge in [-0.15, -0.1) is 13.2 Å². The van der Waals surface area contributed by atoms with Gasteiger partial charge in [-0.1, -0.05) is 0 Å². The van der Waals surface area contributed by atoms with Gasteiger partial charge < -0.3 is 15.6 Å². The van der Waals surface area contributed by atoms with Crippen LogP contribution in [0.25, 0.3) is 0 Å². The number of hydrogen-bond acceptors (Lipinski definition) is 4. The van der Waals surface area contributed by atoms with Crippen LogP contribution in [-0.4, -0.2) is 22.4 Å². The van der Waals surface area contributed by atoms with Crippen molar-refractivity contribution in [1.82, 2.24) is 4.98 Å². The fraction of sp³-hybridized carbons (Fsp3) is 0.333. The molecule has 9 heteroatoms. The van der Waals surface area contributed by atoms with Gasteiger partial charge in [0.05, 0.1) is 12.1 Å². The molecule has 0 aliphatic heterocycles. The molecule has 0 aliphatic rings. The van der Waals surface area contributed by atoms with Crippen molar-refractivity contribution in [2.24, 2.45) is 0 Å². The van der Waals surface area contributed by atoms with Gasteiger partial charge in [-0.2, -0.15) is 0 Å². The third-order valence-corrected chi connectivity index (χ3v) is 1.91. The van der Waals surface area contributed by atoms with E-state index in [0.29, 0.717) is 0 Å². The number of anilines is 1.